The number of sulfonamides is 1. The van der Waals surface area contributed by atoms with Gasteiger partial charge in [0.1, 0.15) is 16.5 Å². The van der Waals surface area contributed by atoms with Crippen LogP contribution in [0.4, 0.5) is 5.82 Å². The van der Waals surface area contributed by atoms with Crippen molar-refractivity contribution in [3.8, 4) is 0 Å². The molecule has 0 unspecified atom stereocenters. The molecule has 26 heavy (non-hydrogen) atoms. The van der Waals surface area contributed by atoms with Crippen LogP contribution in [0.3, 0.4) is 0 Å². The Morgan fingerprint density at radius 2 is 1.92 bits per heavy atom. The molecule has 0 bridgehead atoms. The van der Waals surface area contributed by atoms with Crippen molar-refractivity contribution in [3.63, 3.8) is 0 Å². The molecule has 3 heterocycles. The van der Waals surface area contributed by atoms with Crippen molar-refractivity contribution >= 4 is 15.8 Å². The number of nitrogens with zero attached hydrogens (tertiary/aromatic N) is 5. The van der Waals surface area contributed by atoms with Gasteiger partial charge in [-0.3, -0.25) is 0 Å². The number of rotatable bonds is 6. The minimum atomic E-state index is -3.44. The number of anilines is 1. The van der Waals surface area contributed by atoms with E-state index in [9.17, 15) is 8.42 Å². The normalized spacial score (nSPS) is 18.8. The summed E-state index contributed by atoms with van der Waals surface area (Å²) in [5.41, 5.74) is 0. The van der Waals surface area contributed by atoms with Crippen molar-refractivity contribution in [1.29, 1.82) is 0 Å². The van der Waals surface area contributed by atoms with Gasteiger partial charge in [-0.1, -0.05) is 6.42 Å². The predicted octanol–water partition coefficient (Wildman–Crippen LogP) is 1.87. The first-order valence-electron chi connectivity index (χ1n) is 9.14. The molecule has 0 aromatic carbocycles. The number of hydrogen-bond acceptors (Lipinski definition) is 6. The van der Waals surface area contributed by atoms with Crippen molar-refractivity contribution in [2.75, 3.05) is 18.4 Å². The van der Waals surface area contributed by atoms with Crippen molar-refractivity contribution in [2.24, 2.45) is 7.05 Å². The molecule has 0 atom stereocenters. The second-order valence-electron chi connectivity index (χ2n) is 7.01. The summed E-state index contributed by atoms with van der Waals surface area (Å²) in [6, 6.07) is 3.32. The fraction of sp³-hybridized carbons (Fsp3) is 0.588. The highest BCUT2D eigenvalue weighted by molar-refractivity contribution is 7.89. The van der Waals surface area contributed by atoms with E-state index in [2.05, 4.69) is 20.5 Å². The van der Waals surface area contributed by atoms with Gasteiger partial charge in [0.25, 0.3) is 0 Å². The summed E-state index contributed by atoms with van der Waals surface area (Å²) in [7, 11) is -1.46. The number of piperidine rings is 1. The molecule has 2 aromatic rings. The Labute approximate surface area is 153 Å². The van der Waals surface area contributed by atoms with Crippen LogP contribution >= 0.6 is 0 Å². The number of aromatic nitrogens is 4. The average Bonchev–Trinajstić information content (AvgIpc) is 3.44. The van der Waals surface area contributed by atoms with Crippen LogP contribution in [0.2, 0.25) is 0 Å². The minimum Gasteiger partial charge on any atom is -0.363 e. The SMILES string of the molecule is Cn1c(CNc2ccc(S(=O)(=O)N3CCCCC3)cn2)nnc1C1CC1. The average molecular weight is 376 g/mol. The molecule has 4 rings (SSSR count). The Morgan fingerprint density at radius 3 is 2.58 bits per heavy atom. The lowest BCUT2D eigenvalue weighted by atomic mass is 10.2. The van der Waals surface area contributed by atoms with E-state index in [-0.39, 0.29) is 4.90 Å². The van der Waals surface area contributed by atoms with Crippen molar-refractivity contribution in [3.05, 3.63) is 30.0 Å². The van der Waals surface area contributed by atoms with Gasteiger partial charge in [-0.2, -0.15) is 4.31 Å². The fourth-order valence-corrected chi connectivity index (χ4v) is 4.75. The van der Waals surface area contributed by atoms with E-state index in [1.807, 2.05) is 11.6 Å². The monoisotopic (exact) mass is 376 g/mol. The maximum Gasteiger partial charge on any atom is 0.244 e. The molecule has 140 valence electrons. The van der Waals surface area contributed by atoms with E-state index in [0.717, 1.165) is 30.9 Å². The van der Waals surface area contributed by atoms with Crippen LogP contribution < -0.4 is 5.32 Å². The van der Waals surface area contributed by atoms with Gasteiger partial charge in [0.2, 0.25) is 10.0 Å². The maximum absolute atomic E-state index is 12.6. The fourth-order valence-electron chi connectivity index (χ4n) is 3.29. The first-order chi connectivity index (χ1) is 12.6. The van der Waals surface area contributed by atoms with Gasteiger partial charge in [0.15, 0.2) is 5.82 Å². The van der Waals surface area contributed by atoms with Crippen LogP contribution in [0.25, 0.3) is 0 Å². The molecule has 1 aliphatic heterocycles. The Bertz CT molecular complexity index is 867. The highest BCUT2D eigenvalue weighted by Crippen LogP contribution is 2.38. The van der Waals surface area contributed by atoms with Gasteiger partial charge < -0.3 is 9.88 Å². The van der Waals surface area contributed by atoms with E-state index in [1.54, 1.807) is 16.4 Å². The summed E-state index contributed by atoms with van der Waals surface area (Å²) >= 11 is 0. The molecule has 1 aliphatic carbocycles. The zero-order valence-corrected chi connectivity index (χ0v) is 15.7. The molecule has 0 amide bonds. The van der Waals surface area contributed by atoms with Crippen LogP contribution in [-0.2, 0) is 23.6 Å². The quantitative estimate of drug-likeness (QED) is 0.827. The summed E-state index contributed by atoms with van der Waals surface area (Å²) in [5.74, 6) is 3.06. The minimum absolute atomic E-state index is 0.250. The summed E-state index contributed by atoms with van der Waals surface area (Å²) in [5, 5.41) is 11.7. The third kappa shape index (κ3) is 3.45. The van der Waals surface area contributed by atoms with E-state index >= 15 is 0 Å². The van der Waals surface area contributed by atoms with Crippen LogP contribution in [0.5, 0.6) is 0 Å². The zero-order chi connectivity index (χ0) is 18.1. The lowest BCUT2D eigenvalue weighted by Gasteiger charge is -2.25. The van der Waals surface area contributed by atoms with Gasteiger partial charge in [-0.25, -0.2) is 13.4 Å². The largest absolute Gasteiger partial charge is 0.363 e. The van der Waals surface area contributed by atoms with Crippen molar-refractivity contribution in [1.82, 2.24) is 24.1 Å². The van der Waals surface area contributed by atoms with Crippen LogP contribution in [-0.4, -0.2) is 45.6 Å². The molecule has 1 saturated carbocycles. The highest BCUT2D eigenvalue weighted by Gasteiger charge is 2.29. The third-order valence-corrected chi connectivity index (χ3v) is 6.94. The van der Waals surface area contributed by atoms with Crippen LogP contribution in [0.15, 0.2) is 23.2 Å². The van der Waals surface area contributed by atoms with Gasteiger partial charge in [-0.15, -0.1) is 10.2 Å². The lowest BCUT2D eigenvalue weighted by Crippen LogP contribution is -2.35. The molecule has 9 heteroatoms. The molecule has 1 saturated heterocycles. The first-order valence-corrected chi connectivity index (χ1v) is 10.6. The zero-order valence-electron chi connectivity index (χ0n) is 14.9. The number of hydrogen-bond donors (Lipinski definition) is 1. The van der Waals surface area contributed by atoms with E-state index < -0.39 is 10.0 Å². The van der Waals surface area contributed by atoms with Crippen molar-refractivity contribution in [2.45, 2.75) is 49.5 Å². The molecule has 2 aliphatic rings. The Kier molecular flexibility index (Phi) is 4.66. The van der Waals surface area contributed by atoms with Crippen LogP contribution in [0, 0.1) is 0 Å². The molecule has 0 spiro atoms. The molecular formula is C17H24N6O2S. The van der Waals surface area contributed by atoms with Gasteiger partial charge in [-0.05, 0) is 37.8 Å². The first kappa shape index (κ1) is 17.4. The smallest absolute Gasteiger partial charge is 0.244 e. The summed E-state index contributed by atoms with van der Waals surface area (Å²) in [4.78, 5) is 4.51. The second-order valence-corrected chi connectivity index (χ2v) is 8.94. The summed E-state index contributed by atoms with van der Waals surface area (Å²) in [6.45, 7) is 1.69. The molecule has 8 nitrogen and oxygen atoms in total. The molecule has 2 fully saturated rings. The van der Waals surface area contributed by atoms with E-state index in [4.69, 9.17) is 0 Å². The lowest BCUT2D eigenvalue weighted by molar-refractivity contribution is 0.346. The van der Waals surface area contributed by atoms with E-state index in [1.165, 1.54) is 19.0 Å². The summed E-state index contributed by atoms with van der Waals surface area (Å²) < 4.78 is 28.9. The summed E-state index contributed by atoms with van der Waals surface area (Å²) in [6.07, 6.45) is 6.75. The Hall–Kier alpha value is -2.00. The molecule has 0 radical (unpaired) electrons. The second kappa shape index (κ2) is 6.96. The van der Waals surface area contributed by atoms with Gasteiger partial charge in [0, 0.05) is 32.3 Å². The molecular weight excluding hydrogens is 352 g/mol. The van der Waals surface area contributed by atoms with Crippen LogP contribution in [0.1, 0.15) is 49.7 Å². The Morgan fingerprint density at radius 1 is 1.15 bits per heavy atom. The Balaban J connectivity index is 1.41. The maximum atomic E-state index is 12.6. The third-order valence-electron chi connectivity index (χ3n) is 5.06. The molecule has 1 N–H and O–H groups in total. The molecule has 2 aromatic heterocycles. The topological polar surface area (TPSA) is 93.0 Å². The number of nitrogens with one attached hydrogen (secondary N) is 1. The van der Waals surface area contributed by atoms with Crippen molar-refractivity contribution < 1.29 is 8.42 Å². The van der Waals surface area contributed by atoms with Gasteiger partial charge >= 0.3 is 0 Å². The van der Waals surface area contributed by atoms with E-state index in [0.29, 0.717) is 31.4 Å². The standard InChI is InChI=1S/C17H24N6O2S/c1-22-16(20-21-17(22)13-5-6-13)12-19-15-8-7-14(11-18-15)26(24,25)23-9-3-2-4-10-23/h7-8,11,13H,2-6,9-10,12H2,1H3,(H,18,19). The highest BCUT2D eigenvalue weighted by atomic mass is 32.2. The predicted molar refractivity (Wildman–Crippen MR) is 97.2 cm³/mol. The number of pyridine rings is 1. The van der Waals surface area contributed by atoms with Gasteiger partial charge in [0.05, 0.1) is 6.54 Å².